The molecule has 0 aliphatic rings. The van der Waals surface area contributed by atoms with Gasteiger partial charge in [0.1, 0.15) is 0 Å². The van der Waals surface area contributed by atoms with E-state index in [-0.39, 0.29) is 5.97 Å². The first kappa shape index (κ1) is 12.2. The van der Waals surface area contributed by atoms with Crippen molar-refractivity contribution in [2.75, 3.05) is 6.61 Å². The fraction of sp³-hybridized carbons (Fsp3) is 0.214. The summed E-state index contributed by atoms with van der Waals surface area (Å²) in [4.78, 5) is 10.9. The number of hydrogen-bond donors (Lipinski definition) is 0. The van der Waals surface area contributed by atoms with Crippen molar-refractivity contribution in [2.24, 2.45) is 0 Å². The maximum Gasteiger partial charge on any atom is 0.330 e. The van der Waals surface area contributed by atoms with E-state index in [2.05, 4.69) is 0 Å². The Morgan fingerprint density at radius 1 is 1.25 bits per heavy atom. The van der Waals surface area contributed by atoms with Gasteiger partial charge in [-0.3, -0.25) is 0 Å². The quantitative estimate of drug-likeness (QED) is 0.558. The van der Waals surface area contributed by atoms with Crippen molar-refractivity contribution >= 4 is 12.0 Å². The highest BCUT2D eigenvalue weighted by Gasteiger charge is 1.90. The number of carbonyl (C=O) groups excluding carboxylic acids is 1. The summed E-state index contributed by atoms with van der Waals surface area (Å²) < 4.78 is 4.76. The molecule has 0 fully saturated rings. The number of esters is 1. The van der Waals surface area contributed by atoms with E-state index >= 15 is 0 Å². The van der Waals surface area contributed by atoms with Gasteiger partial charge in [-0.2, -0.15) is 0 Å². The van der Waals surface area contributed by atoms with Gasteiger partial charge in [0.25, 0.3) is 0 Å². The molecule has 84 valence electrons. The zero-order chi connectivity index (χ0) is 11.6. The summed E-state index contributed by atoms with van der Waals surface area (Å²) >= 11 is 0. The molecule has 0 unspecified atom stereocenters. The summed E-state index contributed by atoms with van der Waals surface area (Å²) in [6.45, 7) is 2.21. The van der Waals surface area contributed by atoms with Crippen molar-refractivity contribution in [3.05, 3.63) is 54.1 Å². The van der Waals surface area contributed by atoms with Crippen LogP contribution in [-0.2, 0) is 9.53 Å². The van der Waals surface area contributed by atoms with E-state index in [4.69, 9.17) is 4.74 Å². The van der Waals surface area contributed by atoms with Gasteiger partial charge in [-0.05, 0) is 18.9 Å². The van der Waals surface area contributed by atoms with Crippen molar-refractivity contribution < 1.29 is 9.53 Å². The zero-order valence-electron chi connectivity index (χ0n) is 9.43. The van der Waals surface area contributed by atoms with Gasteiger partial charge in [-0.15, -0.1) is 0 Å². The van der Waals surface area contributed by atoms with Crippen LogP contribution in [0.25, 0.3) is 6.08 Å². The average Bonchev–Trinajstić information content (AvgIpc) is 2.30. The first-order chi connectivity index (χ1) is 7.83. The lowest BCUT2D eigenvalue weighted by molar-refractivity contribution is -0.137. The van der Waals surface area contributed by atoms with Crippen molar-refractivity contribution in [3.8, 4) is 0 Å². The first-order valence-corrected chi connectivity index (χ1v) is 5.38. The zero-order valence-corrected chi connectivity index (χ0v) is 9.43. The van der Waals surface area contributed by atoms with E-state index in [0.29, 0.717) is 6.61 Å². The smallest absolute Gasteiger partial charge is 0.330 e. The van der Waals surface area contributed by atoms with Crippen LogP contribution in [0.3, 0.4) is 0 Å². The van der Waals surface area contributed by atoms with Crippen LogP contribution in [0.5, 0.6) is 0 Å². The summed E-state index contributed by atoms with van der Waals surface area (Å²) in [5, 5.41) is 0. The van der Waals surface area contributed by atoms with Crippen molar-refractivity contribution in [1.82, 2.24) is 0 Å². The Hall–Kier alpha value is -1.83. The van der Waals surface area contributed by atoms with Crippen molar-refractivity contribution in [3.63, 3.8) is 0 Å². The molecule has 2 nitrogen and oxygen atoms in total. The third-order valence-corrected chi connectivity index (χ3v) is 1.92. The highest BCUT2D eigenvalue weighted by Crippen LogP contribution is 2.01. The molecule has 0 amide bonds. The number of carbonyl (C=O) groups is 1. The molecule has 0 spiro atoms. The van der Waals surface area contributed by atoms with Gasteiger partial charge in [0.15, 0.2) is 0 Å². The predicted molar refractivity (Wildman–Crippen MR) is 65.9 cm³/mol. The molecule has 16 heavy (non-hydrogen) atoms. The molecule has 0 N–H and O–H groups in total. The van der Waals surface area contributed by atoms with Crippen LogP contribution >= 0.6 is 0 Å². The highest BCUT2D eigenvalue weighted by atomic mass is 16.5. The van der Waals surface area contributed by atoms with Gasteiger partial charge < -0.3 is 4.74 Å². The standard InChI is InChI=1S/C14H16O2/c1-2-16-14(15)12-8-4-7-11-13-9-5-3-6-10-13/h3,5-12H,2,4H2,1H3. The van der Waals surface area contributed by atoms with Crippen molar-refractivity contribution in [2.45, 2.75) is 13.3 Å². The fourth-order valence-corrected chi connectivity index (χ4v) is 1.20. The number of rotatable bonds is 5. The van der Waals surface area contributed by atoms with Gasteiger partial charge in [-0.1, -0.05) is 48.6 Å². The molecule has 0 aliphatic carbocycles. The Labute approximate surface area is 96.2 Å². The summed E-state index contributed by atoms with van der Waals surface area (Å²) in [6.07, 6.45) is 8.00. The molecular weight excluding hydrogens is 200 g/mol. The Morgan fingerprint density at radius 2 is 2.00 bits per heavy atom. The van der Waals surface area contributed by atoms with E-state index in [1.807, 2.05) is 42.5 Å². The Kier molecular flexibility index (Phi) is 5.71. The van der Waals surface area contributed by atoms with Crippen LogP contribution < -0.4 is 0 Å². The van der Waals surface area contributed by atoms with Crippen LogP contribution in [0.15, 0.2) is 48.6 Å². The Bertz CT molecular complexity index is 364. The van der Waals surface area contributed by atoms with Crippen LogP contribution in [-0.4, -0.2) is 12.6 Å². The second-order valence-corrected chi connectivity index (χ2v) is 3.20. The lowest BCUT2D eigenvalue weighted by atomic mass is 10.2. The van der Waals surface area contributed by atoms with E-state index in [0.717, 1.165) is 12.0 Å². The lowest BCUT2D eigenvalue weighted by Gasteiger charge is -1.93. The lowest BCUT2D eigenvalue weighted by Crippen LogP contribution is -1.98. The molecule has 0 heterocycles. The molecule has 1 rings (SSSR count). The highest BCUT2D eigenvalue weighted by molar-refractivity contribution is 5.81. The van der Waals surface area contributed by atoms with Crippen molar-refractivity contribution in [1.29, 1.82) is 0 Å². The number of hydrogen-bond acceptors (Lipinski definition) is 2. The molecule has 0 aromatic heterocycles. The monoisotopic (exact) mass is 216 g/mol. The second kappa shape index (κ2) is 7.46. The minimum Gasteiger partial charge on any atom is -0.463 e. The minimum absolute atomic E-state index is 0.282. The van der Waals surface area contributed by atoms with Crippen LogP contribution in [0.2, 0.25) is 0 Å². The normalized spacial score (nSPS) is 11.1. The second-order valence-electron chi connectivity index (χ2n) is 3.20. The van der Waals surface area contributed by atoms with Gasteiger partial charge in [0.2, 0.25) is 0 Å². The number of benzene rings is 1. The van der Waals surface area contributed by atoms with Crippen LogP contribution in [0, 0.1) is 0 Å². The van der Waals surface area contributed by atoms with Gasteiger partial charge >= 0.3 is 5.97 Å². The molecule has 1 aromatic rings. The summed E-state index contributed by atoms with van der Waals surface area (Å²) in [5.74, 6) is -0.282. The molecule has 0 saturated carbocycles. The van der Waals surface area contributed by atoms with E-state index in [1.54, 1.807) is 13.0 Å². The predicted octanol–water partition coefficient (Wildman–Crippen LogP) is 3.21. The minimum atomic E-state index is -0.282. The molecule has 2 heteroatoms. The molecule has 0 radical (unpaired) electrons. The molecular formula is C14H16O2. The van der Waals surface area contributed by atoms with E-state index in [1.165, 1.54) is 6.08 Å². The van der Waals surface area contributed by atoms with Gasteiger partial charge in [-0.25, -0.2) is 4.79 Å². The maximum atomic E-state index is 10.9. The number of ether oxygens (including phenoxy) is 1. The van der Waals surface area contributed by atoms with Crippen LogP contribution in [0.4, 0.5) is 0 Å². The molecule has 0 saturated heterocycles. The van der Waals surface area contributed by atoms with Gasteiger partial charge in [0, 0.05) is 6.08 Å². The third-order valence-electron chi connectivity index (χ3n) is 1.92. The average molecular weight is 216 g/mol. The largest absolute Gasteiger partial charge is 0.463 e. The number of allylic oxidation sites excluding steroid dienone is 2. The third kappa shape index (κ3) is 5.15. The van der Waals surface area contributed by atoms with Gasteiger partial charge in [0.05, 0.1) is 6.61 Å². The van der Waals surface area contributed by atoms with E-state index < -0.39 is 0 Å². The molecule has 0 aliphatic heterocycles. The Morgan fingerprint density at radius 3 is 2.69 bits per heavy atom. The fourth-order valence-electron chi connectivity index (χ4n) is 1.20. The molecule has 1 aromatic carbocycles. The first-order valence-electron chi connectivity index (χ1n) is 5.38. The SMILES string of the molecule is CCOC(=O)C=CCC=Cc1ccccc1. The van der Waals surface area contributed by atoms with E-state index in [9.17, 15) is 4.79 Å². The maximum absolute atomic E-state index is 10.9. The summed E-state index contributed by atoms with van der Waals surface area (Å²) in [6, 6.07) is 10.0. The summed E-state index contributed by atoms with van der Waals surface area (Å²) in [7, 11) is 0. The van der Waals surface area contributed by atoms with Crippen LogP contribution in [0.1, 0.15) is 18.9 Å². The topological polar surface area (TPSA) is 26.3 Å². The summed E-state index contributed by atoms with van der Waals surface area (Å²) in [5.41, 5.74) is 1.16. The Balaban J connectivity index is 2.30. The molecule has 0 atom stereocenters. The molecule has 0 bridgehead atoms.